The molecule has 4 rings (SSSR count). The summed E-state index contributed by atoms with van der Waals surface area (Å²) < 4.78 is 1.84. The van der Waals surface area contributed by atoms with Gasteiger partial charge in [-0.3, -0.25) is 4.79 Å². The Hall–Kier alpha value is -2.47. The second kappa shape index (κ2) is 5.96. The molecule has 0 radical (unpaired) electrons. The summed E-state index contributed by atoms with van der Waals surface area (Å²) in [6, 6.07) is 12.2. The third-order valence-electron chi connectivity index (χ3n) is 4.20. The Kier molecular flexibility index (Phi) is 3.67. The van der Waals surface area contributed by atoms with Crippen molar-refractivity contribution in [1.29, 1.82) is 0 Å². The molecule has 0 bridgehead atoms. The molecule has 1 amide bonds. The standard InChI is InChI=1S/C17H16N4OS/c22-17(20-9-7-15(12-20)21-10-8-18-19-21)14-5-3-13(4-6-14)16-2-1-11-23-16/h1-6,8,10-11,15H,7,9,12H2/t15-/m0/s1. The van der Waals surface area contributed by atoms with Crippen LogP contribution in [0.2, 0.25) is 0 Å². The van der Waals surface area contributed by atoms with Crippen LogP contribution in [0.25, 0.3) is 10.4 Å². The highest BCUT2D eigenvalue weighted by Crippen LogP contribution is 2.26. The predicted octanol–water partition coefficient (Wildman–Crippen LogP) is 3.09. The SMILES string of the molecule is O=C(c1ccc(-c2cccs2)cc1)N1CC[C@H](n2ccnn2)C1. The molecule has 3 heterocycles. The minimum Gasteiger partial charge on any atom is -0.336 e. The van der Waals surface area contributed by atoms with E-state index in [4.69, 9.17) is 0 Å². The Morgan fingerprint density at radius 1 is 1.22 bits per heavy atom. The molecule has 0 unspecified atom stereocenters. The zero-order valence-corrected chi connectivity index (χ0v) is 13.3. The van der Waals surface area contributed by atoms with Gasteiger partial charge in [0.1, 0.15) is 0 Å². The highest BCUT2D eigenvalue weighted by molar-refractivity contribution is 7.13. The second-order valence-electron chi connectivity index (χ2n) is 5.63. The molecule has 2 aromatic heterocycles. The lowest BCUT2D eigenvalue weighted by Crippen LogP contribution is -2.29. The normalized spacial score (nSPS) is 17.6. The fraction of sp³-hybridized carbons (Fsp3) is 0.235. The summed E-state index contributed by atoms with van der Waals surface area (Å²) in [5.74, 6) is 0.0883. The molecule has 23 heavy (non-hydrogen) atoms. The Labute approximate surface area is 138 Å². The molecule has 1 aliphatic rings. The number of hydrogen-bond acceptors (Lipinski definition) is 4. The summed E-state index contributed by atoms with van der Waals surface area (Å²) in [5.41, 5.74) is 1.89. The van der Waals surface area contributed by atoms with Gasteiger partial charge in [-0.05, 0) is 35.6 Å². The van der Waals surface area contributed by atoms with Crippen LogP contribution in [-0.2, 0) is 0 Å². The second-order valence-corrected chi connectivity index (χ2v) is 6.58. The number of amides is 1. The van der Waals surface area contributed by atoms with Crippen LogP contribution < -0.4 is 0 Å². The van der Waals surface area contributed by atoms with Gasteiger partial charge in [-0.2, -0.15) is 0 Å². The Morgan fingerprint density at radius 2 is 2.09 bits per heavy atom. The molecule has 0 spiro atoms. The molecular weight excluding hydrogens is 308 g/mol. The van der Waals surface area contributed by atoms with Gasteiger partial charge in [-0.25, -0.2) is 4.68 Å². The molecule has 116 valence electrons. The van der Waals surface area contributed by atoms with Crippen LogP contribution in [0.3, 0.4) is 0 Å². The molecule has 3 aromatic rings. The average molecular weight is 324 g/mol. The number of rotatable bonds is 3. The van der Waals surface area contributed by atoms with Gasteiger partial charge in [-0.1, -0.05) is 23.4 Å². The Morgan fingerprint density at radius 3 is 2.78 bits per heavy atom. The topological polar surface area (TPSA) is 51.0 Å². The molecule has 6 heteroatoms. The van der Waals surface area contributed by atoms with Crippen LogP contribution in [0.1, 0.15) is 22.8 Å². The van der Waals surface area contributed by atoms with E-state index in [1.807, 2.05) is 46.1 Å². The van der Waals surface area contributed by atoms with Crippen LogP contribution in [0, 0.1) is 0 Å². The van der Waals surface area contributed by atoms with E-state index in [1.54, 1.807) is 17.5 Å². The maximum Gasteiger partial charge on any atom is 0.253 e. The largest absolute Gasteiger partial charge is 0.336 e. The molecule has 0 saturated carbocycles. The number of hydrogen-bond donors (Lipinski definition) is 0. The Bertz CT molecular complexity index is 781. The molecule has 0 aliphatic carbocycles. The lowest BCUT2D eigenvalue weighted by Gasteiger charge is -2.16. The summed E-state index contributed by atoms with van der Waals surface area (Å²) in [5, 5.41) is 9.93. The number of benzene rings is 1. The number of carbonyl (C=O) groups excluding carboxylic acids is 1. The van der Waals surface area contributed by atoms with Gasteiger partial charge in [-0.15, -0.1) is 16.4 Å². The van der Waals surface area contributed by atoms with Gasteiger partial charge in [0.05, 0.1) is 12.2 Å². The van der Waals surface area contributed by atoms with Crippen LogP contribution in [0.15, 0.2) is 54.2 Å². The first-order chi connectivity index (χ1) is 11.3. The van der Waals surface area contributed by atoms with Gasteiger partial charge >= 0.3 is 0 Å². The summed E-state index contributed by atoms with van der Waals surface area (Å²) in [7, 11) is 0. The Balaban J connectivity index is 1.47. The first-order valence-corrected chi connectivity index (χ1v) is 8.48. The first-order valence-electron chi connectivity index (χ1n) is 7.60. The summed E-state index contributed by atoms with van der Waals surface area (Å²) in [6.45, 7) is 1.45. The first kappa shape index (κ1) is 14.1. The van der Waals surface area contributed by atoms with Crippen LogP contribution in [-0.4, -0.2) is 38.9 Å². The average Bonchev–Trinajstić information content (AvgIpc) is 3.36. The van der Waals surface area contributed by atoms with Crippen LogP contribution in [0.5, 0.6) is 0 Å². The van der Waals surface area contributed by atoms with E-state index < -0.39 is 0 Å². The number of nitrogens with zero attached hydrogens (tertiary/aromatic N) is 4. The highest BCUT2D eigenvalue weighted by Gasteiger charge is 2.28. The van der Waals surface area contributed by atoms with Gasteiger partial charge < -0.3 is 4.90 Å². The van der Waals surface area contributed by atoms with Crippen LogP contribution in [0.4, 0.5) is 0 Å². The maximum atomic E-state index is 12.6. The highest BCUT2D eigenvalue weighted by atomic mass is 32.1. The van der Waals surface area contributed by atoms with Crippen molar-refractivity contribution in [3.63, 3.8) is 0 Å². The van der Waals surface area contributed by atoms with Gasteiger partial charge in [0, 0.05) is 29.7 Å². The predicted molar refractivity (Wildman–Crippen MR) is 89.3 cm³/mol. The van der Waals surface area contributed by atoms with Gasteiger partial charge in [0.15, 0.2) is 0 Å². The number of thiophene rings is 1. The quantitative estimate of drug-likeness (QED) is 0.744. The third-order valence-corrected chi connectivity index (χ3v) is 5.12. The summed E-state index contributed by atoms with van der Waals surface area (Å²) in [6.07, 6.45) is 4.45. The van der Waals surface area contributed by atoms with Crippen molar-refractivity contribution < 1.29 is 4.79 Å². The van der Waals surface area contributed by atoms with Crippen molar-refractivity contribution in [2.24, 2.45) is 0 Å². The molecule has 1 saturated heterocycles. The monoisotopic (exact) mass is 324 g/mol. The smallest absolute Gasteiger partial charge is 0.253 e. The van der Waals surface area contributed by atoms with Crippen molar-refractivity contribution in [1.82, 2.24) is 19.9 Å². The van der Waals surface area contributed by atoms with Crippen molar-refractivity contribution in [2.75, 3.05) is 13.1 Å². The van der Waals surface area contributed by atoms with E-state index in [-0.39, 0.29) is 11.9 Å². The van der Waals surface area contributed by atoms with E-state index in [9.17, 15) is 4.79 Å². The van der Waals surface area contributed by atoms with E-state index in [0.717, 1.165) is 24.1 Å². The van der Waals surface area contributed by atoms with Gasteiger partial charge in [0.25, 0.3) is 5.91 Å². The number of aromatic nitrogens is 3. The summed E-state index contributed by atoms with van der Waals surface area (Å²) >= 11 is 1.70. The van der Waals surface area contributed by atoms with Crippen LogP contribution >= 0.6 is 11.3 Å². The lowest BCUT2D eigenvalue weighted by atomic mass is 10.1. The molecule has 1 fully saturated rings. The minimum absolute atomic E-state index is 0.0883. The fourth-order valence-electron chi connectivity index (χ4n) is 2.96. The third kappa shape index (κ3) is 2.77. The van der Waals surface area contributed by atoms with Crippen molar-refractivity contribution >= 4 is 17.2 Å². The molecule has 1 atom stereocenters. The molecule has 0 N–H and O–H groups in total. The minimum atomic E-state index is 0.0883. The van der Waals surface area contributed by atoms with Crippen molar-refractivity contribution in [2.45, 2.75) is 12.5 Å². The molecule has 5 nitrogen and oxygen atoms in total. The number of carbonyl (C=O) groups is 1. The molecule has 1 aliphatic heterocycles. The van der Waals surface area contributed by atoms with E-state index in [2.05, 4.69) is 21.8 Å². The molecule has 1 aromatic carbocycles. The van der Waals surface area contributed by atoms with E-state index >= 15 is 0 Å². The van der Waals surface area contributed by atoms with Crippen molar-refractivity contribution in [3.05, 3.63) is 59.7 Å². The molecular formula is C17H16N4OS. The fourth-order valence-corrected chi connectivity index (χ4v) is 3.69. The van der Waals surface area contributed by atoms with Gasteiger partial charge in [0.2, 0.25) is 0 Å². The zero-order valence-electron chi connectivity index (χ0n) is 12.5. The van der Waals surface area contributed by atoms with E-state index in [0.29, 0.717) is 6.54 Å². The number of likely N-dealkylation sites (tertiary alicyclic amines) is 1. The maximum absolute atomic E-state index is 12.6. The van der Waals surface area contributed by atoms with Crippen molar-refractivity contribution in [3.8, 4) is 10.4 Å². The lowest BCUT2D eigenvalue weighted by molar-refractivity contribution is 0.0787. The summed E-state index contributed by atoms with van der Waals surface area (Å²) in [4.78, 5) is 15.8. The van der Waals surface area contributed by atoms with E-state index in [1.165, 1.54) is 4.88 Å². The zero-order chi connectivity index (χ0) is 15.6.